The molecular formula is C8H5BF4N2. The van der Waals surface area contributed by atoms with Gasteiger partial charge in [0.25, 0.3) is 0 Å². The van der Waals surface area contributed by atoms with Gasteiger partial charge in [-0.05, 0) is 6.07 Å². The maximum atomic E-state index is 9.75. The van der Waals surface area contributed by atoms with Crippen LogP contribution in [0.25, 0.3) is 4.98 Å². The number of halogens is 4. The minimum absolute atomic E-state index is 0.482. The van der Waals surface area contributed by atoms with Gasteiger partial charge in [0.15, 0.2) is 4.98 Å². The van der Waals surface area contributed by atoms with Gasteiger partial charge in [0, 0.05) is 17.7 Å². The van der Waals surface area contributed by atoms with Gasteiger partial charge in [-0.1, -0.05) is 12.0 Å². The molecule has 0 amide bonds. The topological polar surface area (TPSA) is 28.1 Å². The summed E-state index contributed by atoms with van der Waals surface area (Å²) >= 11 is 0. The first kappa shape index (κ1) is 13.0. The van der Waals surface area contributed by atoms with E-state index in [0.717, 1.165) is 5.56 Å². The largest absolute Gasteiger partial charge is 0.673 e. The average Bonchev–Trinajstić information content (AvgIpc) is 2.15. The predicted octanol–water partition coefficient (Wildman–Crippen LogP) is 3.45. The first-order valence-electron chi connectivity index (χ1n) is 3.66. The van der Waals surface area contributed by atoms with Crippen LogP contribution in [-0.2, 0) is 0 Å². The van der Waals surface area contributed by atoms with E-state index in [4.69, 9.17) is 11.8 Å². The minimum atomic E-state index is -6.00. The van der Waals surface area contributed by atoms with E-state index in [1.807, 2.05) is 0 Å². The van der Waals surface area contributed by atoms with Crippen molar-refractivity contribution in [2.24, 2.45) is 0 Å². The van der Waals surface area contributed by atoms with Crippen molar-refractivity contribution in [3.05, 3.63) is 34.8 Å². The Bertz CT molecular complexity index is 367. The summed E-state index contributed by atoms with van der Waals surface area (Å²) in [6.45, 7) is 0. The average molecular weight is 216 g/mol. The third-order valence-electron chi connectivity index (χ3n) is 1.13. The van der Waals surface area contributed by atoms with Gasteiger partial charge in [-0.2, -0.15) is 0 Å². The van der Waals surface area contributed by atoms with Gasteiger partial charge < -0.3 is 17.3 Å². The molecule has 0 heterocycles. The Kier molecular flexibility index (Phi) is 4.90. The van der Waals surface area contributed by atoms with E-state index in [9.17, 15) is 17.3 Å². The molecule has 0 aliphatic rings. The summed E-state index contributed by atoms with van der Waals surface area (Å²) in [7, 11) is -6.00. The Balaban J connectivity index is 0.000000336. The molecular weight excluding hydrogens is 211 g/mol. The van der Waals surface area contributed by atoms with E-state index in [-0.39, 0.29) is 0 Å². The first-order valence-corrected chi connectivity index (χ1v) is 3.66. The highest BCUT2D eigenvalue weighted by Crippen LogP contribution is 2.12. The quantitative estimate of drug-likeness (QED) is 0.282. The van der Waals surface area contributed by atoms with Crippen LogP contribution in [0.5, 0.6) is 0 Å². The van der Waals surface area contributed by atoms with Gasteiger partial charge >= 0.3 is 12.9 Å². The van der Waals surface area contributed by atoms with E-state index in [1.54, 1.807) is 24.3 Å². The Hall–Kier alpha value is -2.02. The molecule has 0 saturated heterocycles. The molecule has 0 fully saturated rings. The Morgan fingerprint density at radius 1 is 1.27 bits per heavy atom. The first-order chi connectivity index (χ1) is 6.86. The van der Waals surface area contributed by atoms with Crippen molar-refractivity contribution in [1.82, 2.24) is 0 Å². The smallest absolute Gasteiger partial charge is 0.418 e. The van der Waals surface area contributed by atoms with Crippen LogP contribution in [0.2, 0.25) is 0 Å². The summed E-state index contributed by atoms with van der Waals surface area (Å²) in [6.07, 6.45) is 5.10. The second-order valence-electron chi connectivity index (χ2n) is 2.29. The van der Waals surface area contributed by atoms with Crippen LogP contribution < -0.4 is 0 Å². The lowest BCUT2D eigenvalue weighted by Gasteiger charge is -1.94. The summed E-state index contributed by atoms with van der Waals surface area (Å²) in [5, 5.41) is 8.31. The SMILES string of the molecule is C#Cc1cccc([N+]#N)c1.F[B-](F)(F)F. The molecule has 0 aliphatic heterocycles. The lowest BCUT2D eigenvalue weighted by molar-refractivity contribution is 0.368. The number of benzene rings is 1. The number of hydrogen-bond acceptors (Lipinski definition) is 1. The molecule has 2 nitrogen and oxygen atoms in total. The van der Waals surface area contributed by atoms with E-state index < -0.39 is 7.25 Å². The number of rotatable bonds is 0. The van der Waals surface area contributed by atoms with Crippen LogP contribution >= 0.6 is 0 Å². The van der Waals surface area contributed by atoms with Crippen molar-refractivity contribution in [2.75, 3.05) is 0 Å². The van der Waals surface area contributed by atoms with E-state index in [2.05, 4.69) is 10.9 Å². The zero-order valence-electron chi connectivity index (χ0n) is 7.37. The van der Waals surface area contributed by atoms with Crippen molar-refractivity contribution < 1.29 is 17.3 Å². The van der Waals surface area contributed by atoms with Crippen molar-refractivity contribution >= 4 is 12.9 Å². The van der Waals surface area contributed by atoms with Crippen LogP contribution in [0.15, 0.2) is 24.3 Å². The standard InChI is InChI=1S/C8H5N2.BF4/c1-2-7-4-3-5-8(6-7)10-9;2-1(3,4)5/h1,3-6H;/q+1;-1. The summed E-state index contributed by atoms with van der Waals surface area (Å²) in [6, 6.07) is 6.81. The van der Waals surface area contributed by atoms with Gasteiger partial charge in [-0.25, -0.2) is 0 Å². The second-order valence-corrected chi connectivity index (χ2v) is 2.29. The molecule has 15 heavy (non-hydrogen) atoms. The van der Waals surface area contributed by atoms with Crippen LogP contribution in [0.3, 0.4) is 0 Å². The van der Waals surface area contributed by atoms with Crippen molar-refractivity contribution in [2.45, 2.75) is 0 Å². The molecule has 0 N–H and O–H groups in total. The Morgan fingerprint density at radius 3 is 2.20 bits per heavy atom. The van der Waals surface area contributed by atoms with Crippen LogP contribution in [0, 0.1) is 17.7 Å². The highest BCUT2D eigenvalue weighted by molar-refractivity contribution is 6.50. The van der Waals surface area contributed by atoms with Gasteiger partial charge in [-0.3, -0.25) is 0 Å². The van der Waals surface area contributed by atoms with Gasteiger partial charge in [0.2, 0.25) is 5.39 Å². The molecule has 0 aliphatic carbocycles. The highest BCUT2D eigenvalue weighted by Gasteiger charge is 2.20. The van der Waals surface area contributed by atoms with Gasteiger partial charge in [0.05, 0.1) is 0 Å². The third-order valence-corrected chi connectivity index (χ3v) is 1.13. The summed E-state index contributed by atoms with van der Waals surface area (Å²) in [5.41, 5.74) is 1.20. The zero-order chi connectivity index (χ0) is 11.9. The van der Waals surface area contributed by atoms with Crippen LogP contribution in [0.4, 0.5) is 23.0 Å². The lowest BCUT2D eigenvalue weighted by Crippen LogP contribution is -2.02. The molecule has 1 rings (SSSR count). The lowest BCUT2D eigenvalue weighted by atomic mass is 10.2. The molecule has 0 aromatic heterocycles. The number of nitrogens with zero attached hydrogens (tertiary/aromatic N) is 2. The van der Waals surface area contributed by atoms with Crippen LogP contribution in [-0.4, -0.2) is 7.25 Å². The van der Waals surface area contributed by atoms with E-state index >= 15 is 0 Å². The number of terminal acetylenes is 1. The zero-order valence-corrected chi connectivity index (χ0v) is 7.37. The molecule has 0 saturated carbocycles. The molecule has 1 aromatic carbocycles. The fourth-order valence-electron chi connectivity index (χ4n) is 0.658. The maximum absolute atomic E-state index is 9.75. The van der Waals surface area contributed by atoms with Crippen molar-refractivity contribution in [3.8, 4) is 12.3 Å². The van der Waals surface area contributed by atoms with Gasteiger partial charge in [0.1, 0.15) is 0 Å². The molecule has 7 heteroatoms. The third kappa shape index (κ3) is 8.32. The fraction of sp³-hybridized carbons (Fsp3) is 0. The molecule has 0 radical (unpaired) electrons. The summed E-state index contributed by atoms with van der Waals surface area (Å²) in [5.74, 6) is 2.43. The summed E-state index contributed by atoms with van der Waals surface area (Å²) in [4.78, 5) is 2.98. The monoisotopic (exact) mass is 216 g/mol. The van der Waals surface area contributed by atoms with E-state index in [0.29, 0.717) is 5.69 Å². The van der Waals surface area contributed by atoms with E-state index in [1.165, 1.54) is 0 Å². The maximum Gasteiger partial charge on any atom is 0.673 e. The minimum Gasteiger partial charge on any atom is -0.418 e. The Morgan fingerprint density at radius 2 is 1.80 bits per heavy atom. The normalized spacial score (nSPS) is 9.20. The molecule has 78 valence electrons. The molecule has 0 spiro atoms. The molecule has 0 unspecified atom stereocenters. The summed E-state index contributed by atoms with van der Waals surface area (Å²) < 4.78 is 39.0. The molecule has 0 atom stereocenters. The predicted molar refractivity (Wildman–Crippen MR) is 49.3 cm³/mol. The van der Waals surface area contributed by atoms with Crippen molar-refractivity contribution in [3.63, 3.8) is 0 Å². The number of diazo groups is 1. The van der Waals surface area contributed by atoms with Crippen LogP contribution in [0.1, 0.15) is 5.56 Å². The fourth-order valence-corrected chi connectivity index (χ4v) is 0.658. The Labute approximate surface area is 83.6 Å². The highest BCUT2D eigenvalue weighted by atomic mass is 19.5. The van der Waals surface area contributed by atoms with Gasteiger partial charge in [-0.15, -0.1) is 6.42 Å². The number of hydrogen-bond donors (Lipinski definition) is 0. The second kappa shape index (κ2) is 5.66. The molecule has 1 aromatic rings. The molecule has 0 bridgehead atoms. The van der Waals surface area contributed by atoms with Crippen molar-refractivity contribution in [1.29, 1.82) is 5.39 Å².